The lowest BCUT2D eigenvalue weighted by molar-refractivity contribution is 0.0701. The first-order valence-corrected chi connectivity index (χ1v) is 6.96. The zero-order valence-corrected chi connectivity index (χ0v) is 11.9. The molecule has 0 amide bonds. The number of aliphatic hydroxyl groups excluding tert-OH is 1. The number of carboxylic acids is 1. The average Bonchev–Trinajstić information content (AvgIpc) is 2.69. The van der Waals surface area contributed by atoms with E-state index >= 15 is 0 Å². The topological polar surface area (TPSA) is 57.5 Å². The van der Waals surface area contributed by atoms with E-state index in [-0.39, 0.29) is 6.61 Å². The van der Waals surface area contributed by atoms with Gasteiger partial charge in [-0.05, 0) is 42.2 Å². The van der Waals surface area contributed by atoms with Crippen molar-refractivity contribution in [2.45, 2.75) is 13.3 Å². The highest BCUT2D eigenvalue weighted by Gasteiger charge is 2.20. The highest BCUT2D eigenvalue weighted by atomic mass is 35.5. The first-order valence-electron chi connectivity index (χ1n) is 5.77. The van der Waals surface area contributed by atoms with Crippen molar-refractivity contribution in [3.8, 4) is 10.4 Å². The van der Waals surface area contributed by atoms with Crippen LogP contribution in [0.15, 0.2) is 24.3 Å². The lowest BCUT2D eigenvalue weighted by atomic mass is 10.0. The highest BCUT2D eigenvalue weighted by Crippen LogP contribution is 2.37. The van der Waals surface area contributed by atoms with Crippen molar-refractivity contribution in [1.29, 1.82) is 0 Å². The van der Waals surface area contributed by atoms with E-state index in [9.17, 15) is 9.90 Å². The third kappa shape index (κ3) is 2.81. The van der Waals surface area contributed by atoms with Gasteiger partial charge in [-0.15, -0.1) is 11.3 Å². The first-order chi connectivity index (χ1) is 9.04. The van der Waals surface area contributed by atoms with Gasteiger partial charge in [-0.1, -0.05) is 23.7 Å². The summed E-state index contributed by atoms with van der Waals surface area (Å²) in [5.74, 6) is -0.947. The largest absolute Gasteiger partial charge is 0.477 e. The lowest BCUT2D eigenvalue weighted by Crippen LogP contribution is -2.01. The maximum Gasteiger partial charge on any atom is 0.346 e. The maximum absolute atomic E-state index is 11.3. The number of benzene rings is 1. The standard InChI is InChI=1S/C14H13ClO3S/c1-8-11(6-7-16)13(14(17)18)19-12(8)9-2-4-10(15)5-3-9/h2-5,16H,6-7H2,1H3,(H,17,18). The van der Waals surface area contributed by atoms with Crippen LogP contribution in [0.2, 0.25) is 5.02 Å². The molecule has 0 aliphatic heterocycles. The van der Waals surface area contributed by atoms with Gasteiger partial charge in [0.1, 0.15) is 4.88 Å². The molecule has 0 atom stereocenters. The second-order valence-corrected chi connectivity index (χ2v) is 5.61. The van der Waals surface area contributed by atoms with Crippen molar-refractivity contribution in [2.24, 2.45) is 0 Å². The summed E-state index contributed by atoms with van der Waals surface area (Å²) in [6, 6.07) is 7.30. The number of carbonyl (C=O) groups is 1. The van der Waals surface area contributed by atoms with Crippen LogP contribution in [0.4, 0.5) is 0 Å². The average molecular weight is 297 g/mol. The summed E-state index contributed by atoms with van der Waals surface area (Å²) in [7, 11) is 0. The number of carboxylic acid groups (broad SMARTS) is 1. The summed E-state index contributed by atoms with van der Waals surface area (Å²) in [5, 5.41) is 18.9. The quantitative estimate of drug-likeness (QED) is 0.906. The molecular formula is C14H13ClO3S. The molecule has 0 fully saturated rings. The molecule has 1 heterocycles. The molecule has 0 bridgehead atoms. The summed E-state index contributed by atoms with van der Waals surface area (Å²) < 4.78 is 0. The molecule has 0 aliphatic rings. The van der Waals surface area contributed by atoms with Crippen molar-refractivity contribution in [3.63, 3.8) is 0 Å². The molecule has 2 rings (SSSR count). The van der Waals surface area contributed by atoms with Crippen LogP contribution in [0, 0.1) is 6.92 Å². The van der Waals surface area contributed by atoms with E-state index < -0.39 is 5.97 Å². The highest BCUT2D eigenvalue weighted by molar-refractivity contribution is 7.17. The summed E-state index contributed by atoms with van der Waals surface area (Å²) in [6.07, 6.45) is 0.359. The predicted octanol–water partition coefficient (Wildman–Crippen LogP) is 3.61. The lowest BCUT2D eigenvalue weighted by Gasteiger charge is -2.02. The minimum atomic E-state index is -0.947. The summed E-state index contributed by atoms with van der Waals surface area (Å²) in [6.45, 7) is 1.83. The van der Waals surface area contributed by atoms with E-state index in [4.69, 9.17) is 16.7 Å². The molecule has 0 aliphatic carbocycles. The minimum absolute atomic E-state index is 0.0576. The van der Waals surface area contributed by atoms with Crippen molar-refractivity contribution in [2.75, 3.05) is 6.61 Å². The van der Waals surface area contributed by atoms with Crippen LogP contribution in [0.1, 0.15) is 20.8 Å². The van der Waals surface area contributed by atoms with E-state index in [1.165, 1.54) is 11.3 Å². The second kappa shape index (κ2) is 5.74. The Morgan fingerprint density at radius 1 is 1.32 bits per heavy atom. The van der Waals surface area contributed by atoms with Crippen LogP contribution in [0.3, 0.4) is 0 Å². The molecule has 0 saturated carbocycles. The normalized spacial score (nSPS) is 10.7. The van der Waals surface area contributed by atoms with Gasteiger partial charge in [0.25, 0.3) is 0 Å². The van der Waals surface area contributed by atoms with Crippen LogP contribution >= 0.6 is 22.9 Å². The van der Waals surface area contributed by atoms with E-state index in [0.717, 1.165) is 16.0 Å². The summed E-state index contributed by atoms with van der Waals surface area (Å²) in [4.78, 5) is 12.5. The molecule has 1 aromatic carbocycles. The Hall–Kier alpha value is -1.36. The molecule has 2 aromatic rings. The van der Waals surface area contributed by atoms with Gasteiger partial charge in [0, 0.05) is 16.5 Å². The molecule has 2 N–H and O–H groups in total. The van der Waals surface area contributed by atoms with Gasteiger partial charge in [-0.2, -0.15) is 0 Å². The molecular weight excluding hydrogens is 284 g/mol. The number of aliphatic hydroxyl groups is 1. The fraction of sp³-hybridized carbons (Fsp3) is 0.214. The Kier molecular flexibility index (Phi) is 4.24. The van der Waals surface area contributed by atoms with Gasteiger partial charge < -0.3 is 10.2 Å². The Bertz CT molecular complexity index is 602. The van der Waals surface area contributed by atoms with E-state index in [1.807, 2.05) is 19.1 Å². The number of aromatic carboxylic acids is 1. The fourth-order valence-corrected chi connectivity index (χ4v) is 3.34. The number of thiophene rings is 1. The maximum atomic E-state index is 11.3. The third-order valence-electron chi connectivity index (χ3n) is 2.93. The molecule has 19 heavy (non-hydrogen) atoms. The molecule has 0 unspecified atom stereocenters. The zero-order valence-electron chi connectivity index (χ0n) is 10.3. The molecule has 1 aromatic heterocycles. The molecule has 0 radical (unpaired) electrons. The molecule has 0 saturated heterocycles. The zero-order chi connectivity index (χ0) is 14.0. The van der Waals surface area contributed by atoms with Crippen LogP contribution in [-0.2, 0) is 6.42 Å². The Morgan fingerprint density at radius 2 is 1.95 bits per heavy atom. The molecule has 3 nitrogen and oxygen atoms in total. The van der Waals surface area contributed by atoms with Crippen molar-refractivity contribution in [1.82, 2.24) is 0 Å². The van der Waals surface area contributed by atoms with Crippen LogP contribution in [0.5, 0.6) is 0 Å². The smallest absolute Gasteiger partial charge is 0.346 e. The van der Waals surface area contributed by atoms with Gasteiger partial charge in [0.05, 0.1) is 0 Å². The van der Waals surface area contributed by atoms with E-state index in [2.05, 4.69) is 0 Å². The number of hydrogen-bond donors (Lipinski definition) is 2. The second-order valence-electron chi connectivity index (χ2n) is 4.15. The van der Waals surface area contributed by atoms with Crippen molar-refractivity contribution >= 4 is 28.9 Å². The van der Waals surface area contributed by atoms with Gasteiger partial charge >= 0.3 is 5.97 Å². The van der Waals surface area contributed by atoms with Crippen LogP contribution in [0.25, 0.3) is 10.4 Å². The van der Waals surface area contributed by atoms with E-state index in [1.54, 1.807) is 12.1 Å². The van der Waals surface area contributed by atoms with Crippen molar-refractivity contribution < 1.29 is 15.0 Å². The van der Waals surface area contributed by atoms with Gasteiger partial charge in [-0.25, -0.2) is 4.79 Å². The van der Waals surface area contributed by atoms with Gasteiger partial charge in [0.15, 0.2) is 0 Å². The Morgan fingerprint density at radius 3 is 2.47 bits per heavy atom. The molecule has 0 spiro atoms. The predicted molar refractivity (Wildman–Crippen MR) is 77.3 cm³/mol. The van der Waals surface area contributed by atoms with Crippen LogP contribution < -0.4 is 0 Å². The van der Waals surface area contributed by atoms with Crippen molar-refractivity contribution in [3.05, 3.63) is 45.3 Å². The number of hydrogen-bond acceptors (Lipinski definition) is 3. The van der Waals surface area contributed by atoms with Gasteiger partial charge in [0.2, 0.25) is 0 Å². The molecule has 100 valence electrons. The SMILES string of the molecule is Cc1c(-c2ccc(Cl)cc2)sc(C(=O)O)c1CCO. The number of rotatable bonds is 4. The summed E-state index contributed by atoms with van der Waals surface area (Å²) >= 11 is 7.09. The van der Waals surface area contributed by atoms with Gasteiger partial charge in [-0.3, -0.25) is 0 Å². The Balaban J connectivity index is 2.55. The summed E-state index contributed by atoms with van der Waals surface area (Å²) in [5.41, 5.74) is 2.57. The first kappa shape index (κ1) is 14.1. The van der Waals surface area contributed by atoms with E-state index in [0.29, 0.717) is 21.9 Å². The minimum Gasteiger partial charge on any atom is -0.477 e. The number of halogens is 1. The third-order valence-corrected chi connectivity index (χ3v) is 4.56. The fourth-order valence-electron chi connectivity index (χ4n) is 2.01. The molecule has 5 heteroatoms. The Labute approximate surface area is 120 Å². The van der Waals surface area contributed by atoms with Crippen LogP contribution in [-0.4, -0.2) is 22.8 Å². The monoisotopic (exact) mass is 296 g/mol.